The molecule has 0 saturated carbocycles. The van der Waals surface area contributed by atoms with Crippen LogP contribution in [-0.4, -0.2) is 45.8 Å². The molecular formula is C12H16N2O5S. The summed E-state index contributed by atoms with van der Waals surface area (Å²) >= 11 is 0. The van der Waals surface area contributed by atoms with E-state index in [1.807, 2.05) is 0 Å². The fourth-order valence-corrected chi connectivity index (χ4v) is 2.73. The molecule has 8 heteroatoms. The molecule has 0 aliphatic carbocycles. The Labute approximate surface area is 117 Å². The van der Waals surface area contributed by atoms with E-state index in [0.29, 0.717) is 12.3 Å². The second-order valence-corrected chi connectivity index (χ2v) is 6.35. The predicted molar refractivity (Wildman–Crippen MR) is 72.0 cm³/mol. The highest BCUT2D eigenvalue weighted by molar-refractivity contribution is 7.89. The fraction of sp³-hybridized carbons (Fsp3) is 0.417. The van der Waals surface area contributed by atoms with Gasteiger partial charge in [-0.05, 0) is 31.3 Å². The Morgan fingerprint density at radius 3 is 2.50 bits per heavy atom. The first-order valence-electron chi connectivity index (χ1n) is 6.05. The summed E-state index contributed by atoms with van der Waals surface area (Å²) in [5, 5.41) is 12.1. The van der Waals surface area contributed by atoms with Crippen molar-refractivity contribution in [1.82, 2.24) is 4.72 Å². The highest BCUT2D eigenvalue weighted by atomic mass is 32.2. The van der Waals surface area contributed by atoms with Crippen LogP contribution in [0.5, 0.6) is 0 Å². The lowest BCUT2D eigenvalue weighted by molar-refractivity contribution is -0.141. The van der Waals surface area contributed by atoms with E-state index in [9.17, 15) is 13.2 Å². The minimum Gasteiger partial charge on any atom is -0.481 e. The molecule has 1 aromatic rings. The van der Waals surface area contributed by atoms with Crippen molar-refractivity contribution in [2.24, 2.45) is 5.92 Å². The van der Waals surface area contributed by atoms with Gasteiger partial charge >= 0.3 is 5.97 Å². The van der Waals surface area contributed by atoms with Gasteiger partial charge in [0.1, 0.15) is 5.92 Å². The average Bonchev–Trinajstić information content (AvgIpc) is 2.88. The van der Waals surface area contributed by atoms with Crippen molar-refractivity contribution < 1.29 is 23.1 Å². The summed E-state index contributed by atoms with van der Waals surface area (Å²) in [6, 6.07) is 5.79. The predicted octanol–water partition coefficient (Wildman–Crippen LogP) is 0.106. The maximum atomic E-state index is 11.6. The lowest BCUT2D eigenvalue weighted by atomic mass is 10.0. The summed E-state index contributed by atoms with van der Waals surface area (Å²) in [5.74, 6) is -1.51. The van der Waals surface area contributed by atoms with E-state index >= 15 is 0 Å². The quantitative estimate of drug-likeness (QED) is 0.712. The second-order valence-electron chi connectivity index (χ2n) is 4.46. The molecule has 2 unspecified atom stereocenters. The van der Waals surface area contributed by atoms with Gasteiger partial charge in [0.25, 0.3) is 0 Å². The standard InChI is InChI=1S/C12H16N2O5S/c1-13-20(17,18)9-4-2-8(3-5-9)14-11-7-19-6-10(11)12(15)16/h2-5,10-11,13-14H,6-7H2,1H3,(H,15,16). The first-order valence-corrected chi connectivity index (χ1v) is 7.53. The van der Waals surface area contributed by atoms with Crippen LogP contribution in [0.4, 0.5) is 5.69 Å². The minimum absolute atomic E-state index is 0.156. The van der Waals surface area contributed by atoms with Gasteiger partial charge in [0.15, 0.2) is 0 Å². The summed E-state index contributed by atoms with van der Waals surface area (Å²) in [4.78, 5) is 11.2. The van der Waals surface area contributed by atoms with E-state index in [0.717, 1.165) is 0 Å². The molecule has 2 rings (SSSR count). The van der Waals surface area contributed by atoms with Crippen molar-refractivity contribution in [3.05, 3.63) is 24.3 Å². The number of aliphatic carboxylic acids is 1. The Hall–Kier alpha value is -1.64. The number of ether oxygens (including phenoxy) is 1. The molecule has 1 aromatic carbocycles. The number of hydrogen-bond donors (Lipinski definition) is 3. The third kappa shape index (κ3) is 3.09. The summed E-state index contributed by atoms with van der Waals surface area (Å²) < 4.78 is 30.5. The molecule has 7 nitrogen and oxygen atoms in total. The molecule has 1 heterocycles. The first-order chi connectivity index (χ1) is 9.44. The van der Waals surface area contributed by atoms with E-state index in [1.165, 1.54) is 19.2 Å². The number of anilines is 1. The third-order valence-electron chi connectivity index (χ3n) is 3.18. The Bertz CT molecular complexity index is 584. The van der Waals surface area contributed by atoms with Gasteiger partial charge in [-0.3, -0.25) is 4.79 Å². The SMILES string of the molecule is CNS(=O)(=O)c1ccc(NC2COCC2C(=O)O)cc1. The van der Waals surface area contributed by atoms with Gasteiger partial charge in [-0.1, -0.05) is 0 Å². The van der Waals surface area contributed by atoms with Crippen molar-refractivity contribution in [1.29, 1.82) is 0 Å². The van der Waals surface area contributed by atoms with Crippen molar-refractivity contribution in [3.63, 3.8) is 0 Å². The van der Waals surface area contributed by atoms with Crippen LogP contribution in [0.1, 0.15) is 0 Å². The molecule has 1 aliphatic rings. The van der Waals surface area contributed by atoms with Crippen LogP contribution in [0.15, 0.2) is 29.2 Å². The van der Waals surface area contributed by atoms with Crippen LogP contribution in [-0.2, 0) is 19.6 Å². The molecule has 20 heavy (non-hydrogen) atoms. The largest absolute Gasteiger partial charge is 0.481 e. The van der Waals surface area contributed by atoms with Gasteiger partial charge in [0, 0.05) is 5.69 Å². The van der Waals surface area contributed by atoms with Crippen molar-refractivity contribution in [2.45, 2.75) is 10.9 Å². The van der Waals surface area contributed by atoms with E-state index in [1.54, 1.807) is 12.1 Å². The Morgan fingerprint density at radius 1 is 1.30 bits per heavy atom. The smallest absolute Gasteiger partial charge is 0.311 e. The first kappa shape index (κ1) is 14.8. The van der Waals surface area contributed by atoms with Crippen molar-refractivity contribution in [3.8, 4) is 0 Å². The zero-order valence-corrected chi connectivity index (χ0v) is 11.7. The Kier molecular flexibility index (Phi) is 4.26. The molecule has 3 N–H and O–H groups in total. The Morgan fingerprint density at radius 2 is 1.95 bits per heavy atom. The number of carboxylic acids is 1. The van der Waals surface area contributed by atoms with E-state index in [4.69, 9.17) is 9.84 Å². The van der Waals surface area contributed by atoms with Crippen molar-refractivity contribution >= 4 is 21.7 Å². The summed E-state index contributed by atoms with van der Waals surface area (Å²) in [6.07, 6.45) is 0. The maximum absolute atomic E-state index is 11.6. The molecule has 2 atom stereocenters. The highest BCUT2D eigenvalue weighted by Gasteiger charge is 2.33. The van der Waals surface area contributed by atoms with Gasteiger partial charge < -0.3 is 15.2 Å². The monoisotopic (exact) mass is 300 g/mol. The summed E-state index contributed by atoms with van der Waals surface area (Å²) in [7, 11) is -2.12. The summed E-state index contributed by atoms with van der Waals surface area (Å²) in [6.45, 7) is 0.493. The van der Waals surface area contributed by atoms with Crippen LogP contribution < -0.4 is 10.0 Å². The number of sulfonamides is 1. The van der Waals surface area contributed by atoms with Gasteiger partial charge in [0.05, 0.1) is 24.2 Å². The number of nitrogens with one attached hydrogen (secondary N) is 2. The number of carboxylic acid groups (broad SMARTS) is 1. The molecule has 0 aromatic heterocycles. The number of carbonyl (C=O) groups is 1. The van der Waals surface area contributed by atoms with Crippen LogP contribution in [0, 0.1) is 5.92 Å². The summed E-state index contributed by atoms with van der Waals surface area (Å²) in [5.41, 5.74) is 0.654. The van der Waals surface area contributed by atoms with E-state index < -0.39 is 21.9 Å². The van der Waals surface area contributed by atoms with Gasteiger partial charge in [-0.25, -0.2) is 13.1 Å². The molecule has 0 bridgehead atoms. The average molecular weight is 300 g/mol. The second kappa shape index (κ2) is 5.78. The van der Waals surface area contributed by atoms with Gasteiger partial charge in [-0.15, -0.1) is 0 Å². The number of rotatable bonds is 5. The molecule has 0 radical (unpaired) electrons. The van der Waals surface area contributed by atoms with Crippen LogP contribution >= 0.6 is 0 Å². The molecule has 1 fully saturated rings. The normalized spacial score (nSPS) is 22.6. The number of benzene rings is 1. The Balaban J connectivity index is 2.10. The lowest BCUT2D eigenvalue weighted by Crippen LogP contribution is -2.33. The topological polar surface area (TPSA) is 105 Å². The van der Waals surface area contributed by atoms with Crippen LogP contribution in [0.25, 0.3) is 0 Å². The maximum Gasteiger partial charge on any atom is 0.311 e. The zero-order valence-electron chi connectivity index (χ0n) is 10.9. The molecular weight excluding hydrogens is 284 g/mol. The highest BCUT2D eigenvalue weighted by Crippen LogP contribution is 2.20. The van der Waals surface area contributed by atoms with Crippen LogP contribution in [0.3, 0.4) is 0 Å². The fourth-order valence-electron chi connectivity index (χ4n) is 2.00. The van der Waals surface area contributed by atoms with E-state index in [-0.39, 0.29) is 17.5 Å². The van der Waals surface area contributed by atoms with Crippen molar-refractivity contribution in [2.75, 3.05) is 25.6 Å². The molecule has 0 spiro atoms. The molecule has 1 saturated heterocycles. The van der Waals surface area contributed by atoms with Gasteiger partial charge in [-0.2, -0.15) is 0 Å². The molecule has 0 amide bonds. The van der Waals surface area contributed by atoms with Crippen LogP contribution in [0.2, 0.25) is 0 Å². The third-order valence-corrected chi connectivity index (χ3v) is 4.61. The number of hydrogen-bond acceptors (Lipinski definition) is 5. The molecule has 1 aliphatic heterocycles. The van der Waals surface area contributed by atoms with E-state index in [2.05, 4.69) is 10.0 Å². The van der Waals surface area contributed by atoms with Gasteiger partial charge in [0.2, 0.25) is 10.0 Å². The lowest BCUT2D eigenvalue weighted by Gasteiger charge is -2.17. The molecule has 110 valence electrons. The zero-order chi connectivity index (χ0) is 14.8. The minimum atomic E-state index is -3.46.